The lowest BCUT2D eigenvalue weighted by Gasteiger charge is -2.16. The molecule has 2 atom stereocenters. The number of hydrogen-bond donors (Lipinski definition) is 0. The van der Waals surface area contributed by atoms with Gasteiger partial charge in [0.15, 0.2) is 0 Å². The SMILES string of the molecule is CC1=CCCC2CC12C. The summed E-state index contributed by atoms with van der Waals surface area (Å²) in [7, 11) is 0. The van der Waals surface area contributed by atoms with Crippen molar-refractivity contribution in [1.82, 2.24) is 0 Å². The highest BCUT2D eigenvalue weighted by atomic mass is 14.6. The number of hydrogen-bond acceptors (Lipinski definition) is 0. The van der Waals surface area contributed by atoms with Gasteiger partial charge in [-0.2, -0.15) is 0 Å². The van der Waals surface area contributed by atoms with Crippen molar-refractivity contribution in [3.05, 3.63) is 11.6 Å². The number of fused-ring (bicyclic) bond motifs is 1. The fourth-order valence-corrected chi connectivity index (χ4v) is 2.09. The Bertz CT molecular complexity index is 167. The van der Waals surface area contributed by atoms with Gasteiger partial charge >= 0.3 is 0 Å². The lowest BCUT2D eigenvalue weighted by atomic mass is 9.90. The quantitative estimate of drug-likeness (QED) is 0.433. The van der Waals surface area contributed by atoms with Gasteiger partial charge in [0, 0.05) is 0 Å². The van der Waals surface area contributed by atoms with Crippen molar-refractivity contribution in [2.75, 3.05) is 0 Å². The van der Waals surface area contributed by atoms with Crippen molar-refractivity contribution in [2.24, 2.45) is 11.3 Å². The van der Waals surface area contributed by atoms with Crippen molar-refractivity contribution in [3.8, 4) is 0 Å². The first-order valence-electron chi connectivity index (χ1n) is 3.91. The molecule has 1 fully saturated rings. The van der Waals surface area contributed by atoms with Crippen LogP contribution in [0.15, 0.2) is 11.6 Å². The summed E-state index contributed by atoms with van der Waals surface area (Å²) >= 11 is 0. The van der Waals surface area contributed by atoms with Crippen LogP contribution in [0.5, 0.6) is 0 Å². The molecule has 0 saturated heterocycles. The van der Waals surface area contributed by atoms with Gasteiger partial charge in [-0.05, 0) is 37.5 Å². The van der Waals surface area contributed by atoms with Crippen LogP contribution in [-0.2, 0) is 0 Å². The van der Waals surface area contributed by atoms with E-state index in [9.17, 15) is 0 Å². The molecule has 50 valence electrons. The lowest BCUT2D eigenvalue weighted by molar-refractivity contribution is 0.532. The maximum absolute atomic E-state index is 2.42. The van der Waals surface area contributed by atoms with Gasteiger partial charge in [-0.1, -0.05) is 18.6 Å². The third-order valence-corrected chi connectivity index (χ3v) is 3.28. The Balaban J connectivity index is 2.29. The lowest BCUT2D eigenvalue weighted by Crippen LogP contribution is -2.03. The second kappa shape index (κ2) is 1.42. The summed E-state index contributed by atoms with van der Waals surface area (Å²) in [5.41, 5.74) is 2.32. The van der Waals surface area contributed by atoms with E-state index in [1.807, 2.05) is 0 Å². The van der Waals surface area contributed by atoms with E-state index in [-0.39, 0.29) is 0 Å². The van der Waals surface area contributed by atoms with Gasteiger partial charge in [0.25, 0.3) is 0 Å². The van der Waals surface area contributed by atoms with Crippen LogP contribution in [0.2, 0.25) is 0 Å². The fraction of sp³-hybridized carbons (Fsp3) is 0.778. The Morgan fingerprint density at radius 2 is 2.44 bits per heavy atom. The average molecular weight is 122 g/mol. The van der Waals surface area contributed by atoms with Crippen molar-refractivity contribution < 1.29 is 0 Å². The van der Waals surface area contributed by atoms with Gasteiger partial charge in [-0.25, -0.2) is 0 Å². The first-order chi connectivity index (χ1) is 4.23. The van der Waals surface area contributed by atoms with Crippen LogP contribution >= 0.6 is 0 Å². The standard InChI is InChI=1S/C9H14/c1-7-4-3-5-8-6-9(7,8)2/h4,8H,3,5-6H2,1-2H3. The van der Waals surface area contributed by atoms with Crippen LogP contribution < -0.4 is 0 Å². The largest absolute Gasteiger partial charge is 0.0850 e. The molecule has 0 aliphatic heterocycles. The van der Waals surface area contributed by atoms with Crippen LogP contribution in [0.1, 0.15) is 33.1 Å². The molecule has 2 rings (SSSR count). The molecule has 9 heavy (non-hydrogen) atoms. The minimum Gasteiger partial charge on any atom is -0.0850 e. The topological polar surface area (TPSA) is 0 Å². The summed E-state index contributed by atoms with van der Waals surface area (Å²) in [6.07, 6.45) is 6.68. The Labute approximate surface area is 57.0 Å². The highest BCUT2D eigenvalue weighted by Gasteiger charge is 2.51. The maximum Gasteiger partial charge on any atom is -0.00875 e. The summed E-state index contributed by atoms with van der Waals surface area (Å²) in [5, 5.41) is 0. The molecular formula is C9H14. The molecule has 0 aromatic rings. The van der Waals surface area contributed by atoms with E-state index in [1.54, 1.807) is 5.57 Å². The molecule has 2 unspecified atom stereocenters. The van der Waals surface area contributed by atoms with Gasteiger partial charge in [-0.3, -0.25) is 0 Å². The molecule has 0 radical (unpaired) electrons. The summed E-state index contributed by atoms with van der Waals surface area (Å²) in [6.45, 7) is 4.70. The van der Waals surface area contributed by atoms with Gasteiger partial charge in [0.05, 0.1) is 0 Å². The smallest absolute Gasteiger partial charge is 0.00875 e. The van der Waals surface area contributed by atoms with Crippen LogP contribution in [0.25, 0.3) is 0 Å². The Morgan fingerprint density at radius 3 is 3.00 bits per heavy atom. The van der Waals surface area contributed by atoms with E-state index >= 15 is 0 Å². The summed E-state index contributed by atoms with van der Waals surface area (Å²) in [5.74, 6) is 1.06. The molecule has 0 spiro atoms. The predicted octanol–water partition coefficient (Wildman–Crippen LogP) is 2.75. The molecule has 0 aromatic carbocycles. The molecule has 0 heteroatoms. The highest BCUT2D eigenvalue weighted by Crippen LogP contribution is 2.61. The zero-order chi connectivity index (χ0) is 6.48. The van der Waals surface area contributed by atoms with Crippen molar-refractivity contribution in [1.29, 1.82) is 0 Å². The molecule has 0 N–H and O–H groups in total. The monoisotopic (exact) mass is 122 g/mol. The summed E-state index contributed by atoms with van der Waals surface area (Å²) in [4.78, 5) is 0. The molecule has 0 nitrogen and oxygen atoms in total. The molecule has 0 heterocycles. The zero-order valence-electron chi connectivity index (χ0n) is 6.28. The van der Waals surface area contributed by atoms with Crippen LogP contribution in [0.3, 0.4) is 0 Å². The Morgan fingerprint density at radius 1 is 1.67 bits per heavy atom. The van der Waals surface area contributed by atoms with Gasteiger partial charge in [0.2, 0.25) is 0 Å². The highest BCUT2D eigenvalue weighted by molar-refractivity contribution is 5.24. The minimum atomic E-state index is 0.665. The van der Waals surface area contributed by atoms with Crippen LogP contribution in [-0.4, -0.2) is 0 Å². The first-order valence-corrected chi connectivity index (χ1v) is 3.91. The van der Waals surface area contributed by atoms with Gasteiger partial charge in [0.1, 0.15) is 0 Å². The molecular weight excluding hydrogens is 108 g/mol. The zero-order valence-corrected chi connectivity index (χ0v) is 6.28. The molecule has 0 aromatic heterocycles. The summed E-state index contributed by atoms with van der Waals surface area (Å²) in [6, 6.07) is 0. The van der Waals surface area contributed by atoms with E-state index < -0.39 is 0 Å². The van der Waals surface area contributed by atoms with E-state index in [4.69, 9.17) is 0 Å². The maximum atomic E-state index is 2.42. The molecule has 0 amide bonds. The molecule has 2 aliphatic rings. The van der Waals surface area contributed by atoms with E-state index in [0.717, 1.165) is 5.92 Å². The Kier molecular flexibility index (Phi) is 0.870. The van der Waals surface area contributed by atoms with Crippen molar-refractivity contribution >= 4 is 0 Å². The minimum absolute atomic E-state index is 0.665. The van der Waals surface area contributed by atoms with Crippen LogP contribution in [0.4, 0.5) is 0 Å². The van der Waals surface area contributed by atoms with Gasteiger partial charge in [-0.15, -0.1) is 0 Å². The second-order valence-corrected chi connectivity index (χ2v) is 3.78. The summed E-state index contributed by atoms with van der Waals surface area (Å²) < 4.78 is 0. The molecule has 2 aliphatic carbocycles. The fourth-order valence-electron chi connectivity index (χ4n) is 2.09. The van der Waals surface area contributed by atoms with E-state index in [1.165, 1.54) is 19.3 Å². The third-order valence-electron chi connectivity index (χ3n) is 3.28. The van der Waals surface area contributed by atoms with Gasteiger partial charge < -0.3 is 0 Å². The molecule has 1 saturated carbocycles. The van der Waals surface area contributed by atoms with Crippen molar-refractivity contribution in [3.63, 3.8) is 0 Å². The Hall–Kier alpha value is -0.260. The predicted molar refractivity (Wildman–Crippen MR) is 39.2 cm³/mol. The number of allylic oxidation sites excluding steroid dienone is 2. The first kappa shape index (κ1) is 5.52. The normalized spacial score (nSPS) is 47.8. The van der Waals surface area contributed by atoms with E-state index in [0.29, 0.717) is 5.41 Å². The van der Waals surface area contributed by atoms with E-state index in [2.05, 4.69) is 19.9 Å². The average Bonchev–Trinajstić information content (AvgIpc) is 2.44. The third kappa shape index (κ3) is 0.593. The van der Waals surface area contributed by atoms with Crippen LogP contribution in [0, 0.1) is 11.3 Å². The molecule has 0 bridgehead atoms. The number of rotatable bonds is 0. The second-order valence-electron chi connectivity index (χ2n) is 3.78. The van der Waals surface area contributed by atoms with Crippen molar-refractivity contribution in [2.45, 2.75) is 33.1 Å².